The van der Waals surface area contributed by atoms with Gasteiger partial charge in [-0.25, -0.2) is 0 Å². The fraction of sp³-hybridized carbons (Fsp3) is 1.00. The Labute approximate surface area is 75.7 Å². The Hall–Kier alpha value is -0.0800. The van der Waals surface area contributed by atoms with Crippen LogP contribution in [0.5, 0.6) is 0 Å². The second-order valence-electron chi connectivity index (χ2n) is 4.10. The second kappa shape index (κ2) is 4.83. The number of hydrogen-bond donors (Lipinski definition) is 1. The first-order valence-electron chi connectivity index (χ1n) is 4.99. The van der Waals surface area contributed by atoms with E-state index in [2.05, 4.69) is 19.2 Å². The van der Waals surface area contributed by atoms with Crippen molar-refractivity contribution in [3.63, 3.8) is 0 Å². The Morgan fingerprint density at radius 3 is 2.75 bits per heavy atom. The van der Waals surface area contributed by atoms with Gasteiger partial charge >= 0.3 is 0 Å². The van der Waals surface area contributed by atoms with Crippen LogP contribution in [0.15, 0.2) is 0 Å². The van der Waals surface area contributed by atoms with Crippen molar-refractivity contribution in [1.29, 1.82) is 0 Å². The van der Waals surface area contributed by atoms with E-state index in [-0.39, 0.29) is 0 Å². The maximum Gasteiger partial charge on any atom is 0.0615 e. The predicted molar refractivity (Wildman–Crippen MR) is 51.3 cm³/mol. The van der Waals surface area contributed by atoms with Crippen LogP contribution in [0, 0.1) is 5.92 Å². The second-order valence-corrected chi connectivity index (χ2v) is 4.10. The summed E-state index contributed by atoms with van der Waals surface area (Å²) in [4.78, 5) is 0. The lowest BCUT2D eigenvalue weighted by molar-refractivity contribution is 0.134. The summed E-state index contributed by atoms with van der Waals surface area (Å²) in [7, 11) is 1.78. The lowest BCUT2D eigenvalue weighted by Crippen LogP contribution is -2.46. The molecule has 1 aliphatic heterocycles. The predicted octanol–water partition coefficient (Wildman–Crippen LogP) is 1.80. The molecule has 0 radical (unpaired) electrons. The van der Waals surface area contributed by atoms with Gasteiger partial charge in [-0.1, -0.05) is 20.3 Å². The van der Waals surface area contributed by atoms with Crippen molar-refractivity contribution < 1.29 is 4.74 Å². The molecule has 12 heavy (non-hydrogen) atoms. The normalized spacial score (nSPS) is 31.0. The molecule has 2 nitrogen and oxygen atoms in total. The van der Waals surface area contributed by atoms with Gasteiger partial charge in [0.15, 0.2) is 0 Å². The molecule has 1 fully saturated rings. The van der Waals surface area contributed by atoms with E-state index in [0.29, 0.717) is 12.1 Å². The van der Waals surface area contributed by atoms with Gasteiger partial charge in [-0.2, -0.15) is 0 Å². The smallest absolute Gasteiger partial charge is 0.0615 e. The molecule has 0 aromatic carbocycles. The number of piperidine rings is 1. The average Bonchev–Trinajstić information content (AvgIpc) is 2.05. The van der Waals surface area contributed by atoms with Crippen LogP contribution in [0.4, 0.5) is 0 Å². The lowest BCUT2D eigenvalue weighted by Gasteiger charge is -2.33. The Kier molecular flexibility index (Phi) is 4.02. The Morgan fingerprint density at radius 1 is 1.42 bits per heavy atom. The van der Waals surface area contributed by atoms with E-state index in [1.807, 2.05) is 0 Å². The number of nitrogens with one attached hydrogen (secondary N) is 1. The highest BCUT2D eigenvalue weighted by Gasteiger charge is 2.22. The van der Waals surface area contributed by atoms with Crippen LogP contribution in [-0.4, -0.2) is 25.8 Å². The van der Waals surface area contributed by atoms with Crippen LogP contribution >= 0.6 is 0 Å². The Bertz CT molecular complexity index is 123. The van der Waals surface area contributed by atoms with Crippen LogP contribution < -0.4 is 5.32 Å². The van der Waals surface area contributed by atoms with E-state index in [1.54, 1.807) is 7.11 Å². The summed E-state index contributed by atoms with van der Waals surface area (Å²) < 4.78 is 5.15. The van der Waals surface area contributed by atoms with Crippen molar-refractivity contribution in [3.05, 3.63) is 0 Å². The molecule has 1 heterocycles. The highest BCUT2D eigenvalue weighted by atomic mass is 16.5. The molecule has 1 N–H and O–H groups in total. The lowest BCUT2D eigenvalue weighted by atomic mass is 9.92. The van der Waals surface area contributed by atoms with E-state index >= 15 is 0 Å². The zero-order valence-electron chi connectivity index (χ0n) is 8.47. The molecule has 1 rings (SSSR count). The van der Waals surface area contributed by atoms with E-state index < -0.39 is 0 Å². The molecule has 0 aliphatic carbocycles. The van der Waals surface area contributed by atoms with Gasteiger partial charge in [0.1, 0.15) is 0 Å². The quantitative estimate of drug-likeness (QED) is 0.699. The molecule has 2 atom stereocenters. The minimum Gasteiger partial charge on any atom is -0.383 e. The largest absolute Gasteiger partial charge is 0.383 e. The zero-order chi connectivity index (χ0) is 8.97. The highest BCUT2D eigenvalue weighted by molar-refractivity contribution is 4.81. The molecule has 2 unspecified atom stereocenters. The van der Waals surface area contributed by atoms with Gasteiger partial charge in [0.05, 0.1) is 6.61 Å². The summed E-state index contributed by atoms with van der Waals surface area (Å²) in [6.07, 6.45) is 3.96. The average molecular weight is 171 g/mol. The summed E-state index contributed by atoms with van der Waals surface area (Å²) in [6, 6.07) is 1.30. The van der Waals surface area contributed by atoms with Crippen LogP contribution in [0.25, 0.3) is 0 Å². The SMILES string of the molecule is COCC1CCCC(C(C)C)N1. The first-order valence-corrected chi connectivity index (χ1v) is 4.99. The van der Waals surface area contributed by atoms with E-state index in [4.69, 9.17) is 4.74 Å². The molecule has 0 aromatic rings. The van der Waals surface area contributed by atoms with Gasteiger partial charge in [0.2, 0.25) is 0 Å². The van der Waals surface area contributed by atoms with Crippen molar-refractivity contribution in [2.75, 3.05) is 13.7 Å². The van der Waals surface area contributed by atoms with Crippen LogP contribution in [0.2, 0.25) is 0 Å². The number of hydrogen-bond acceptors (Lipinski definition) is 2. The van der Waals surface area contributed by atoms with Gasteiger partial charge in [0, 0.05) is 19.2 Å². The molecule has 0 bridgehead atoms. The standard InChI is InChI=1S/C10H21NO/c1-8(2)10-6-4-5-9(11-10)7-12-3/h8-11H,4-7H2,1-3H3. The molecule has 0 saturated carbocycles. The summed E-state index contributed by atoms with van der Waals surface area (Å²) >= 11 is 0. The first-order chi connectivity index (χ1) is 5.74. The summed E-state index contributed by atoms with van der Waals surface area (Å²) in [6.45, 7) is 5.43. The number of ether oxygens (including phenoxy) is 1. The fourth-order valence-electron chi connectivity index (χ4n) is 1.91. The molecule has 1 saturated heterocycles. The molecule has 0 amide bonds. The van der Waals surface area contributed by atoms with E-state index in [9.17, 15) is 0 Å². The third kappa shape index (κ3) is 2.76. The van der Waals surface area contributed by atoms with Crippen LogP contribution in [0.3, 0.4) is 0 Å². The summed E-state index contributed by atoms with van der Waals surface area (Å²) in [5.41, 5.74) is 0. The van der Waals surface area contributed by atoms with Gasteiger partial charge in [0.25, 0.3) is 0 Å². The van der Waals surface area contributed by atoms with Crippen LogP contribution in [0.1, 0.15) is 33.1 Å². The summed E-state index contributed by atoms with van der Waals surface area (Å²) in [5, 5.41) is 3.63. The molecular formula is C10H21NO. The molecule has 72 valence electrons. The van der Waals surface area contributed by atoms with Gasteiger partial charge in [-0.15, -0.1) is 0 Å². The monoisotopic (exact) mass is 171 g/mol. The van der Waals surface area contributed by atoms with Crippen molar-refractivity contribution in [2.24, 2.45) is 5.92 Å². The van der Waals surface area contributed by atoms with Crippen molar-refractivity contribution in [2.45, 2.75) is 45.2 Å². The summed E-state index contributed by atoms with van der Waals surface area (Å²) in [5.74, 6) is 0.754. The van der Waals surface area contributed by atoms with Gasteiger partial charge in [-0.05, 0) is 18.8 Å². The molecule has 0 spiro atoms. The molecule has 0 aromatic heterocycles. The van der Waals surface area contributed by atoms with Crippen LogP contribution in [-0.2, 0) is 4.74 Å². The first kappa shape index (κ1) is 10.0. The maximum absolute atomic E-state index is 5.15. The van der Waals surface area contributed by atoms with Crippen molar-refractivity contribution in [1.82, 2.24) is 5.32 Å². The van der Waals surface area contributed by atoms with Crippen molar-refractivity contribution in [3.8, 4) is 0 Å². The third-order valence-electron chi connectivity index (χ3n) is 2.69. The van der Waals surface area contributed by atoms with E-state index in [0.717, 1.165) is 12.5 Å². The molecular weight excluding hydrogens is 150 g/mol. The van der Waals surface area contributed by atoms with Gasteiger partial charge in [-0.3, -0.25) is 0 Å². The fourth-order valence-corrected chi connectivity index (χ4v) is 1.91. The minimum atomic E-state index is 0.594. The Morgan fingerprint density at radius 2 is 2.17 bits per heavy atom. The number of methoxy groups -OCH3 is 1. The number of rotatable bonds is 3. The van der Waals surface area contributed by atoms with Gasteiger partial charge < -0.3 is 10.1 Å². The Balaban J connectivity index is 2.30. The molecule has 2 heteroatoms. The third-order valence-corrected chi connectivity index (χ3v) is 2.69. The highest BCUT2D eigenvalue weighted by Crippen LogP contribution is 2.18. The minimum absolute atomic E-state index is 0.594. The maximum atomic E-state index is 5.15. The van der Waals surface area contributed by atoms with E-state index in [1.165, 1.54) is 19.3 Å². The molecule has 1 aliphatic rings. The van der Waals surface area contributed by atoms with Crippen molar-refractivity contribution >= 4 is 0 Å². The zero-order valence-corrected chi connectivity index (χ0v) is 8.47. The topological polar surface area (TPSA) is 21.3 Å².